The number of halogens is 1. The van der Waals surface area contributed by atoms with Crippen molar-refractivity contribution in [2.24, 2.45) is 0 Å². The van der Waals surface area contributed by atoms with Crippen LogP contribution in [0.3, 0.4) is 0 Å². The molecule has 0 radical (unpaired) electrons. The first-order valence-corrected chi connectivity index (χ1v) is 11.4. The average molecular weight is 482 g/mol. The molecule has 0 spiro atoms. The van der Waals surface area contributed by atoms with Crippen LogP contribution in [0.4, 0.5) is 4.79 Å². The molecule has 2 heterocycles. The van der Waals surface area contributed by atoms with Crippen LogP contribution in [0.5, 0.6) is 0 Å². The molecule has 6 nitrogen and oxygen atoms in total. The van der Waals surface area contributed by atoms with Crippen LogP contribution in [0, 0.1) is 0 Å². The molecule has 0 aliphatic rings. The smallest absolute Gasteiger partial charge is 0.407 e. The molecule has 1 N–H and O–H groups in total. The lowest BCUT2D eigenvalue weighted by Gasteiger charge is -2.19. The molecule has 0 saturated carbocycles. The number of amides is 1. The number of hydrogen-bond acceptors (Lipinski definition) is 5. The summed E-state index contributed by atoms with van der Waals surface area (Å²) in [6.07, 6.45) is 3.15. The molecule has 3 aromatic rings. The van der Waals surface area contributed by atoms with Crippen molar-refractivity contribution in [1.82, 2.24) is 19.3 Å². The van der Waals surface area contributed by atoms with Gasteiger partial charge in [0.15, 0.2) is 5.65 Å². The third kappa shape index (κ3) is 4.47. The Balaban J connectivity index is 1.74. The highest BCUT2D eigenvalue weighted by atomic mass is 127. The van der Waals surface area contributed by atoms with Crippen LogP contribution >= 0.6 is 30.3 Å². The summed E-state index contributed by atoms with van der Waals surface area (Å²) < 4.78 is 7.24. The largest absolute Gasteiger partial charge is 0.444 e. The lowest BCUT2D eigenvalue weighted by Crippen LogP contribution is -2.32. The van der Waals surface area contributed by atoms with Crippen molar-refractivity contribution in [3.8, 4) is 11.3 Å². The topological polar surface area (TPSA) is 69.0 Å². The predicted octanol–water partition coefficient (Wildman–Crippen LogP) is 4.97. The quantitative estimate of drug-likeness (QED) is 0.532. The van der Waals surface area contributed by atoms with Gasteiger partial charge in [-0.15, -0.1) is 0 Å². The molecule has 0 saturated heterocycles. The molecule has 0 aliphatic heterocycles. The number of rotatable bonds is 4. The van der Waals surface area contributed by atoms with E-state index in [1.807, 2.05) is 61.3 Å². The van der Waals surface area contributed by atoms with Crippen LogP contribution in [0.2, 0.25) is 0 Å². The first kappa shape index (κ1) is 19.0. The molecule has 1 amide bonds. The fourth-order valence-corrected chi connectivity index (χ4v) is 3.75. The van der Waals surface area contributed by atoms with E-state index in [0.29, 0.717) is 6.54 Å². The van der Waals surface area contributed by atoms with Crippen LogP contribution in [0.1, 0.15) is 26.3 Å². The summed E-state index contributed by atoms with van der Waals surface area (Å²) >= 11 is 2.23. The van der Waals surface area contributed by atoms with Gasteiger partial charge in [0.1, 0.15) is 11.9 Å². The van der Waals surface area contributed by atoms with Gasteiger partial charge in [-0.3, -0.25) is 3.97 Å². The number of nitrogens with one attached hydrogen (secondary N) is 1. The normalized spacial score (nSPS) is 11.5. The van der Waals surface area contributed by atoms with E-state index in [1.54, 1.807) is 15.4 Å². The van der Waals surface area contributed by atoms with Gasteiger partial charge in [-0.1, -0.05) is 24.3 Å². The Labute approximate surface area is 168 Å². The number of fused-ring (bicyclic) bond motifs is 1. The van der Waals surface area contributed by atoms with E-state index < -0.39 is 11.7 Å². The zero-order valence-electron chi connectivity index (χ0n) is 14.7. The fraction of sp³-hybridized carbons (Fsp3) is 0.278. The van der Waals surface area contributed by atoms with Gasteiger partial charge in [-0.25, -0.2) is 14.8 Å². The highest BCUT2D eigenvalue weighted by Gasteiger charge is 2.15. The number of benzene rings is 1. The Morgan fingerprint density at radius 3 is 2.62 bits per heavy atom. The standard InChI is InChI=1S/C18H19IN4O2S/c1-18(2,3)25-17(24)20-10-12-4-6-13(7-5-12)15-14-8-9-23(26-19)16(14)22-11-21-15/h4-9,11H,10H2,1-3H3,(H,20,24). The monoisotopic (exact) mass is 482 g/mol. The second-order valence-electron chi connectivity index (χ2n) is 6.72. The number of hydrogen-bond donors (Lipinski definition) is 1. The molecular formula is C18H19IN4O2S. The van der Waals surface area contributed by atoms with Gasteiger partial charge in [-0.05, 0) is 32.4 Å². The lowest BCUT2D eigenvalue weighted by molar-refractivity contribution is 0.0523. The summed E-state index contributed by atoms with van der Waals surface area (Å²) in [4.78, 5) is 20.5. The molecule has 0 aliphatic carbocycles. The van der Waals surface area contributed by atoms with Gasteiger partial charge in [0.2, 0.25) is 0 Å². The van der Waals surface area contributed by atoms with Crippen molar-refractivity contribution in [1.29, 1.82) is 0 Å². The van der Waals surface area contributed by atoms with Gasteiger partial charge < -0.3 is 10.1 Å². The van der Waals surface area contributed by atoms with Gasteiger partial charge in [0, 0.05) is 54.0 Å². The van der Waals surface area contributed by atoms with Crippen LogP contribution in [-0.4, -0.2) is 25.6 Å². The molecular weight excluding hydrogens is 463 g/mol. The first-order chi connectivity index (χ1) is 12.4. The SMILES string of the molecule is CC(C)(C)OC(=O)NCc1ccc(-c2ncnc3c2ccn3SI)cc1. The summed E-state index contributed by atoms with van der Waals surface area (Å²) in [6, 6.07) is 9.98. The van der Waals surface area contributed by atoms with E-state index in [9.17, 15) is 4.79 Å². The maximum absolute atomic E-state index is 11.7. The maximum Gasteiger partial charge on any atom is 0.407 e. The molecule has 1 aromatic carbocycles. The van der Waals surface area contributed by atoms with Gasteiger partial charge in [0.25, 0.3) is 0 Å². The third-order valence-corrected chi connectivity index (χ3v) is 5.30. The molecule has 0 fully saturated rings. The summed E-state index contributed by atoms with van der Waals surface area (Å²) in [5.74, 6) is 0. The van der Waals surface area contributed by atoms with E-state index in [0.717, 1.165) is 27.9 Å². The molecule has 26 heavy (non-hydrogen) atoms. The highest BCUT2D eigenvalue weighted by molar-refractivity contribution is 14.2. The van der Waals surface area contributed by atoms with Crippen LogP contribution in [-0.2, 0) is 11.3 Å². The van der Waals surface area contributed by atoms with Gasteiger partial charge in [-0.2, -0.15) is 0 Å². The minimum Gasteiger partial charge on any atom is -0.444 e. The molecule has 3 rings (SSSR count). The van der Waals surface area contributed by atoms with E-state index in [2.05, 4.69) is 36.5 Å². The first-order valence-electron chi connectivity index (χ1n) is 8.05. The molecule has 2 aromatic heterocycles. The lowest BCUT2D eigenvalue weighted by atomic mass is 10.1. The Kier molecular flexibility index (Phi) is 5.71. The van der Waals surface area contributed by atoms with E-state index in [1.165, 1.54) is 0 Å². The molecule has 0 unspecified atom stereocenters. The Morgan fingerprint density at radius 2 is 1.96 bits per heavy atom. The van der Waals surface area contributed by atoms with E-state index in [-0.39, 0.29) is 0 Å². The highest BCUT2D eigenvalue weighted by Crippen LogP contribution is 2.29. The predicted molar refractivity (Wildman–Crippen MR) is 113 cm³/mol. The molecule has 8 heteroatoms. The van der Waals surface area contributed by atoms with Crippen LogP contribution in [0.25, 0.3) is 22.3 Å². The second-order valence-corrected chi connectivity index (χ2v) is 8.44. The third-order valence-electron chi connectivity index (χ3n) is 3.59. The zero-order valence-corrected chi connectivity index (χ0v) is 17.7. The van der Waals surface area contributed by atoms with Crippen molar-refractivity contribution >= 4 is 47.5 Å². The van der Waals surface area contributed by atoms with Crippen molar-refractivity contribution in [3.05, 3.63) is 48.4 Å². The van der Waals surface area contributed by atoms with E-state index >= 15 is 0 Å². The minimum atomic E-state index is -0.501. The molecule has 0 bridgehead atoms. The van der Waals surface area contributed by atoms with Gasteiger partial charge in [0.05, 0.1) is 5.69 Å². The number of nitrogens with zero attached hydrogens (tertiary/aromatic N) is 3. The number of aromatic nitrogens is 3. The number of ether oxygens (including phenoxy) is 1. The number of carbonyl (C=O) groups excluding carboxylic acids is 1. The van der Waals surface area contributed by atoms with Crippen LogP contribution < -0.4 is 5.32 Å². The van der Waals surface area contributed by atoms with Gasteiger partial charge >= 0.3 is 6.09 Å². The zero-order chi connectivity index (χ0) is 18.7. The summed E-state index contributed by atoms with van der Waals surface area (Å²) in [5, 5.41) is 3.77. The molecule has 136 valence electrons. The Hall–Kier alpha value is -1.81. The number of carbonyl (C=O) groups is 1. The molecule has 0 atom stereocenters. The number of alkyl carbamates (subject to hydrolysis) is 1. The Morgan fingerprint density at radius 1 is 1.23 bits per heavy atom. The average Bonchev–Trinajstić information content (AvgIpc) is 3.02. The van der Waals surface area contributed by atoms with Crippen molar-refractivity contribution in [3.63, 3.8) is 0 Å². The summed E-state index contributed by atoms with van der Waals surface area (Å²) in [6.45, 7) is 5.94. The second kappa shape index (κ2) is 7.83. The van der Waals surface area contributed by atoms with Crippen LogP contribution in [0.15, 0.2) is 42.9 Å². The van der Waals surface area contributed by atoms with Crippen molar-refractivity contribution in [2.45, 2.75) is 32.9 Å². The van der Waals surface area contributed by atoms with Crippen molar-refractivity contribution < 1.29 is 9.53 Å². The minimum absolute atomic E-state index is 0.413. The summed E-state index contributed by atoms with van der Waals surface area (Å²) in [5.41, 5.74) is 3.29. The Bertz CT molecular complexity index is 919. The van der Waals surface area contributed by atoms with Crippen molar-refractivity contribution in [2.75, 3.05) is 0 Å². The summed E-state index contributed by atoms with van der Waals surface area (Å²) in [7, 11) is 1.57. The fourth-order valence-electron chi connectivity index (χ4n) is 2.48. The maximum atomic E-state index is 11.7. The van der Waals surface area contributed by atoms with E-state index in [4.69, 9.17) is 4.74 Å².